The number of hydrogen-bond acceptors (Lipinski definition) is 4. The third-order valence-corrected chi connectivity index (χ3v) is 4.41. The van der Waals surface area contributed by atoms with Crippen molar-refractivity contribution < 1.29 is 9.53 Å². The molecule has 0 bridgehead atoms. The molecule has 6 heteroatoms. The summed E-state index contributed by atoms with van der Waals surface area (Å²) in [5, 5.41) is 2.76. The maximum Gasteiger partial charge on any atom is 0.235 e. The van der Waals surface area contributed by atoms with Gasteiger partial charge in [0, 0.05) is 15.6 Å². The van der Waals surface area contributed by atoms with E-state index in [1.54, 1.807) is 25.4 Å². The first-order valence-electron chi connectivity index (χ1n) is 6.28. The first-order chi connectivity index (χ1) is 10.1. The average molecular weight is 367 g/mol. The fourth-order valence-electron chi connectivity index (χ4n) is 1.74. The molecule has 1 aromatic carbocycles. The molecule has 0 aliphatic carbocycles. The Hall–Kier alpha value is -1.53. The van der Waals surface area contributed by atoms with Gasteiger partial charge in [-0.25, -0.2) is 4.98 Å². The van der Waals surface area contributed by atoms with Gasteiger partial charge in [0.2, 0.25) is 5.91 Å². The quantitative estimate of drug-likeness (QED) is 0.815. The highest BCUT2D eigenvalue weighted by Crippen LogP contribution is 2.26. The Morgan fingerprint density at radius 2 is 2.24 bits per heavy atom. The number of hydrogen-bond donors (Lipinski definition) is 1. The van der Waals surface area contributed by atoms with Crippen molar-refractivity contribution in [1.82, 2.24) is 4.98 Å². The first kappa shape index (κ1) is 15.9. The number of nitrogens with zero attached hydrogens (tertiary/aromatic N) is 1. The van der Waals surface area contributed by atoms with E-state index in [2.05, 4.69) is 26.2 Å². The minimum Gasteiger partial charge on any atom is -0.493 e. The highest BCUT2D eigenvalue weighted by molar-refractivity contribution is 9.10. The summed E-state index contributed by atoms with van der Waals surface area (Å²) in [6.45, 7) is 2.02. The predicted molar refractivity (Wildman–Crippen MR) is 89.0 cm³/mol. The molecule has 1 N–H and O–H groups in total. The number of nitrogens with one attached hydrogen (secondary N) is 1. The van der Waals surface area contributed by atoms with Crippen LogP contribution in [0.2, 0.25) is 0 Å². The topological polar surface area (TPSA) is 51.2 Å². The summed E-state index contributed by atoms with van der Waals surface area (Å²) in [5.74, 6) is 1.20. The molecule has 0 unspecified atom stereocenters. The largest absolute Gasteiger partial charge is 0.493 e. The Bertz CT molecular complexity index is 649. The van der Waals surface area contributed by atoms with Crippen molar-refractivity contribution in [2.75, 3.05) is 18.2 Å². The van der Waals surface area contributed by atoms with E-state index in [1.165, 1.54) is 11.8 Å². The number of benzene rings is 1. The Balaban J connectivity index is 1.96. The predicted octanol–water partition coefficient (Wildman–Crippen LogP) is 3.89. The zero-order chi connectivity index (χ0) is 15.2. The molecule has 0 aliphatic heterocycles. The number of amides is 1. The lowest BCUT2D eigenvalue weighted by Crippen LogP contribution is -2.15. The highest BCUT2D eigenvalue weighted by Gasteiger charge is 2.09. The number of halogens is 1. The van der Waals surface area contributed by atoms with Gasteiger partial charge in [-0.1, -0.05) is 15.9 Å². The lowest BCUT2D eigenvalue weighted by atomic mass is 10.2. The van der Waals surface area contributed by atoms with E-state index >= 15 is 0 Å². The second kappa shape index (κ2) is 7.47. The minimum absolute atomic E-state index is 0.112. The van der Waals surface area contributed by atoms with Crippen LogP contribution in [0, 0.1) is 6.92 Å². The molecule has 0 saturated carbocycles. The summed E-state index contributed by atoms with van der Waals surface area (Å²) in [4.78, 5) is 17.2. The molecule has 2 aromatic rings. The van der Waals surface area contributed by atoms with Crippen molar-refractivity contribution in [2.45, 2.75) is 11.8 Å². The molecule has 110 valence electrons. The summed E-state index contributed by atoms with van der Waals surface area (Å²) >= 11 is 4.92. The molecule has 1 aromatic heterocycles. The van der Waals surface area contributed by atoms with Crippen LogP contribution >= 0.6 is 27.7 Å². The minimum atomic E-state index is -0.112. The summed E-state index contributed by atoms with van der Waals surface area (Å²) in [6, 6.07) is 9.51. The lowest BCUT2D eigenvalue weighted by Gasteiger charge is -2.09. The summed E-state index contributed by atoms with van der Waals surface area (Å²) < 4.78 is 6.19. The third-order valence-electron chi connectivity index (χ3n) is 2.74. The second-order valence-corrected chi connectivity index (χ2v) is 6.23. The fourth-order valence-corrected chi connectivity index (χ4v) is 3.02. The van der Waals surface area contributed by atoms with E-state index in [0.29, 0.717) is 17.3 Å². The standard InChI is InChI=1S/C15H15BrN2O2S/c1-10-8-11(16)5-6-13(10)21-9-14(19)18-15-12(20-2)4-3-7-17-15/h3-8H,9H2,1-2H3,(H,17,18,19). The van der Waals surface area contributed by atoms with E-state index in [4.69, 9.17) is 4.74 Å². The maximum atomic E-state index is 12.0. The molecule has 2 rings (SSSR count). The SMILES string of the molecule is COc1cccnc1NC(=O)CSc1ccc(Br)cc1C. The van der Waals surface area contributed by atoms with Crippen LogP contribution in [0.25, 0.3) is 0 Å². The van der Waals surface area contributed by atoms with Crippen LogP contribution < -0.4 is 10.1 Å². The van der Waals surface area contributed by atoms with Gasteiger partial charge < -0.3 is 10.1 Å². The van der Waals surface area contributed by atoms with Crippen molar-refractivity contribution in [3.05, 3.63) is 46.6 Å². The molecule has 0 spiro atoms. The normalized spacial score (nSPS) is 10.2. The number of ether oxygens (including phenoxy) is 1. The molecule has 1 amide bonds. The summed E-state index contributed by atoms with van der Waals surface area (Å²) in [5.41, 5.74) is 1.14. The van der Waals surface area contributed by atoms with Crippen LogP contribution in [0.15, 0.2) is 45.9 Å². The number of rotatable bonds is 5. The highest BCUT2D eigenvalue weighted by atomic mass is 79.9. The lowest BCUT2D eigenvalue weighted by molar-refractivity contribution is -0.113. The third kappa shape index (κ3) is 4.47. The van der Waals surface area contributed by atoms with Gasteiger partial charge in [-0.05, 0) is 42.8 Å². The number of anilines is 1. The molecule has 0 saturated heterocycles. The number of pyridine rings is 1. The number of methoxy groups -OCH3 is 1. The molecule has 0 radical (unpaired) electrons. The zero-order valence-corrected chi connectivity index (χ0v) is 14.1. The Labute approximate surface area is 136 Å². The Morgan fingerprint density at radius 1 is 1.43 bits per heavy atom. The zero-order valence-electron chi connectivity index (χ0n) is 11.7. The molecular weight excluding hydrogens is 352 g/mol. The summed E-state index contributed by atoms with van der Waals surface area (Å²) in [7, 11) is 1.55. The van der Waals surface area contributed by atoms with Crippen molar-refractivity contribution in [2.24, 2.45) is 0 Å². The van der Waals surface area contributed by atoms with Crippen LogP contribution in [-0.4, -0.2) is 23.8 Å². The van der Waals surface area contributed by atoms with Gasteiger partial charge in [-0.3, -0.25) is 4.79 Å². The van der Waals surface area contributed by atoms with Gasteiger partial charge in [0.25, 0.3) is 0 Å². The number of carbonyl (C=O) groups is 1. The molecule has 0 fully saturated rings. The molecule has 0 atom stereocenters. The molecular formula is C15H15BrN2O2S. The molecule has 4 nitrogen and oxygen atoms in total. The van der Waals surface area contributed by atoms with Crippen LogP contribution in [-0.2, 0) is 4.79 Å². The van der Waals surface area contributed by atoms with Gasteiger partial charge in [-0.2, -0.15) is 0 Å². The second-order valence-electron chi connectivity index (χ2n) is 4.30. The van der Waals surface area contributed by atoms with Gasteiger partial charge in [-0.15, -0.1) is 11.8 Å². The number of aromatic nitrogens is 1. The smallest absolute Gasteiger partial charge is 0.235 e. The van der Waals surface area contributed by atoms with Crippen LogP contribution in [0.5, 0.6) is 5.75 Å². The van der Waals surface area contributed by atoms with E-state index in [9.17, 15) is 4.79 Å². The van der Waals surface area contributed by atoms with Crippen molar-refractivity contribution in [3.63, 3.8) is 0 Å². The number of thioether (sulfide) groups is 1. The number of aryl methyl sites for hydroxylation is 1. The van der Waals surface area contributed by atoms with Crippen molar-refractivity contribution in [3.8, 4) is 5.75 Å². The molecule has 0 aliphatic rings. The van der Waals surface area contributed by atoms with Gasteiger partial charge in [0.15, 0.2) is 11.6 Å². The fraction of sp³-hybridized carbons (Fsp3) is 0.200. The monoisotopic (exact) mass is 366 g/mol. The van der Waals surface area contributed by atoms with Gasteiger partial charge in [0.1, 0.15) is 0 Å². The maximum absolute atomic E-state index is 12.0. The van der Waals surface area contributed by atoms with Gasteiger partial charge >= 0.3 is 0 Å². The summed E-state index contributed by atoms with van der Waals surface area (Å²) in [6.07, 6.45) is 1.62. The van der Waals surface area contributed by atoms with E-state index in [1.807, 2.05) is 25.1 Å². The van der Waals surface area contributed by atoms with Crippen LogP contribution in [0.4, 0.5) is 5.82 Å². The van der Waals surface area contributed by atoms with Crippen molar-refractivity contribution in [1.29, 1.82) is 0 Å². The van der Waals surface area contributed by atoms with Crippen LogP contribution in [0.3, 0.4) is 0 Å². The van der Waals surface area contributed by atoms with E-state index in [-0.39, 0.29) is 5.91 Å². The van der Waals surface area contributed by atoms with Crippen LogP contribution in [0.1, 0.15) is 5.56 Å². The molecule has 21 heavy (non-hydrogen) atoms. The Morgan fingerprint density at radius 3 is 2.95 bits per heavy atom. The molecule has 1 heterocycles. The Kier molecular flexibility index (Phi) is 5.64. The van der Waals surface area contributed by atoms with E-state index < -0.39 is 0 Å². The number of carbonyl (C=O) groups excluding carboxylic acids is 1. The average Bonchev–Trinajstić information content (AvgIpc) is 2.47. The van der Waals surface area contributed by atoms with Gasteiger partial charge in [0.05, 0.1) is 12.9 Å². The van der Waals surface area contributed by atoms with E-state index in [0.717, 1.165) is 14.9 Å². The van der Waals surface area contributed by atoms with Crippen molar-refractivity contribution >= 4 is 39.4 Å². The first-order valence-corrected chi connectivity index (χ1v) is 8.06.